The molecular formula is C13H24N6O2. The first-order chi connectivity index (χ1) is 9.86. The van der Waals surface area contributed by atoms with Gasteiger partial charge in [0.25, 0.3) is 0 Å². The second-order valence-electron chi connectivity index (χ2n) is 4.98. The van der Waals surface area contributed by atoms with Gasteiger partial charge < -0.3 is 21.7 Å². The number of amides is 2. The van der Waals surface area contributed by atoms with Crippen LogP contribution >= 0.6 is 0 Å². The molecule has 5 N–H and O–H groups in total. The summed E-state index contributed by atoms with van der Waals surface area (Å²) in [6.45, 7) is 5.29. The average molecular weight is 296 g/mol. The van der Waals surface area contributed by atoms with E-state index in [2.05, 4.69) is 17.3 Å². The molecule has 118 valence electrons. The molecule has 0 aliphatic carbocycles. The van der Waals surface area contributed by atoms with Crippen LogP contribution in [-0.2, 0) is 23.2 Å². The normalized spacial score (nSPS) is 10.6. The summed E-state index contributed by atoms with van der Waals surface area (Å²) in [4.78, 5) is 24.0. The molecule has 0 radical (unpaired) electrons. The molecule has 8 nitrogen and oxygen atoms in total. The van der Waals surface area contributed by atoms with Gasteiger partial charge in [0, 0.05) is 19.2 Å². The highest BCUT2D eigenvalue weighted by molar-refractivity contribution is 5.84. The Hall–Kier alpha value is -2.09. The lowest BCUT2D eigenvalue weighted by Gasteiger charge is -2.23. The van der Waals surface area contributed by atoms with Crippen molar-refractivity contribution in [3.8, 4) is 0 Å². The molecule has 0 aromatic carbocycles. The maximum atomic E-state index is 11.2. The molecular weight excluding hydrogens is 272 g/mol. The third-order valence-corrected chi connectivity index (χ3v) is 3.03. The number of nitrogens with one attached hydrogen (secondary N) is 1. The Morgan fingerprint density at radius 3 is 2.33 bits per heavy atom. The largest absolute Gasteiger partial charge is 0.368 e. The lowest BCUT2D eigenvalue weighted by atomic mass is 10.2. The summed E-state index contributed by atoms with van der Waals surface area (Å²) in [5.41, 5.74) is 12.3. The van der Waals surface area contributed by atoms with Crippen LogP contribution in [0.15, 0.2) is 0 Å². The zero-order chi connectivity index (χ0) is 16.0. The van der Waals surface area contributed by atoms with Crippen LogP contribution in [0.2, 0.25) is 0 Å². The van der Waals surface area contributed by atoms with Gasteiger partial charge in [-0.1, -0.05) is 6.92 Å². The zero-order valence-corrected chi connectivity index (χ0v) is 12.8. The Kier molecular flexibility index (Phi) is 6.16. The van der Waals surface area contributed by atoms with Gasteiger partial charge in [-0.15, -0.1) is 0 Å². The lowest BCUT2D eigenvalue weighted by molar-refractivity contribution is -0.117. The molecule has 0 saturated heterocycles. The third-order valence-electron chi connectivity index (χ3n) is 3.03. The summed E-state index contributed by atoms with van der Waals surface area (Å²) in [7, 11) is 1.76. The van der Waals surface area contributed by atoms with Crippen molar-refractivity contribution in [2.24, 2.45) is 18.5 Å². The van der Waals surface area contributed by atoms with Gasteiger partial charge in [0.05, 0.1) is 18.8 Å². The number of anilines is 1. The number of nitrogens with zero attached hydrogens (tertiary/aromatic N) is 3. The van der Waals surface area contributed by atoms with Crippen molar-refractivity contribution in [2.75, 3.05) is 24.5 Å². The van der Waals surface area contributed by atoms with Gasteiger partial charge in [0.15, 0.2) is 0 Å². The SMILES string of the molecule is CCCNCc1c(C)nn(C)c1N(CC(N)=O)CC(N)=O. The van der Waals surface area contributed by atoms with Crippen LogP contribution in [0.1, 0.15) is 24.6 Å². The van der Waals surface area contributed by atoms with Crippen molar-refractivity contribution < 1.29 is 9.59 Å². The summed E-state index contributed by atoms with van der Waals surface area (Å²) < 4.78 is 1.64. The van der Waals surface area contributed by atoms with E-state index in [1.165, 1.54) is 0 Å². The van der Waals surface area contributed by atoms with Gasteiger partial charge >= 0.3 is 0 Å². The van der Waals surface area contributed by atoms with Gasteiger partial charge in [0.1, 0.15) is 5.82 Å². The Morgan fingerprint density at radius 2 is 1.86 bits per heavy atom. The number of rotatable bonds is 9. The number of hydrogen-bond donors (Lipinski definition) is 3. The molecule has 0 aliphatic heterocycles. The maximum Gasteiger partial charge on any atom is 0.237 e. The fourth-order valence-electron chi connectivity index (χ4n) is 2.26. The smallest absolute Gasteiger partial charge is 0.237 e. The van der Waals surface area contributed by atoms with E-state index < -0.39 is 11.8 Å². The van der Waals surface area contributed by atoms with Gasteiger partial charge in [-0.3, -0.25) is 14.3 Å². The predicted octanol–water partition coefficient (Wildman–Crippen LogP) is -0.995. The van der Waals surface area contributed by atoms with Crippen molar-refractivity contribution in [1.29, 1.82) is 0 Å². The highest BCUT2D eigenvalue weighted by Gasteiger charge is 2.21. The highest BCUT2D eigenvalue weighted by atomic mass is 16.2. The molecule has 1 aromatic rings. The van der Waals surface area contributed by atoms with E-state index in [0.717, 1.165) is 24.2 Å². The summed E-state index contributed by atoms with van der Waals surface area (Å²) in [6.07, 6.45) is 1.01. The molecule has 0 aliphatic rings. The van der Waals surface area contributed by atoms with E-state index in [1.54, 1.807) is 16.6 Å². The molecule has 0 atom stereocenters. The van der Waals surface area contributed by atoms with Crippen LogP contribution in [0, 0.1) is 6.92 Å². The minimum atomic E-state index is -0.525. The third kappa shape index (κ3) is 4.75. The summed E-state index contributed by atoms with van der Waals surface area (Å²) >= 11 is 0. The van der Waals surface area contributed by atoms with Crippen LogP contribution in [0.3, 0.4) is 0 Å². The Labute approximate surface area is 124 Å². The second kappa shape index (κ2) is 7.63. The Bertz CT molecular complexity index is 495. The molecule has 0 fully saturated rings. The molecule has 8 heteroatoms. The van der Waals surface area contributed by atoms with E-state index >= 15 is 0 Å². The van der Waals surface area contributed by atoms with Gasteiger partial charge in [-0.25, -0.2) is 0 Å². The van der Waals surface area contributed by atoms with Crippen LogP contribution in [0.4, 0.5) is 5.82 Å². The minimum Gasteiger partial charge on any atom is -0.368 e. The van der Waals surface area contributed by atoms with E-state index in [4.69, 9.17) is 11.5 Å². The number of primary amides is 2. The average Bonchev–Trinajstić information content (AvgIpc) is 2.62. The molecule has 21 heavy (non-hydrogen) atoms. The van der Waals surface area contributed by atoms with Crippen LogP contribution in [0.25, 0.3) is 0 Å². The fourth-order valence-corrected chi connectivity index (χ4v) is 2.26. The lowest BCUT2D eigenvalue weighted by Crippen LogP contribution is -2.41. The predicted molar refractivity (Wildman–Crippen MR) is 80.5 cm³/mol. The molecule has 0 bridgehead atoms. The standard InChI is InChI=1S/C13H24N6O2/c1-4-5-16-6-10-9(2)17-18(3)13(10)19(7-11(14)20)8-12(15)21/h16H,4-8H2,1-3H3,(H2,14,20)(H2,15,21). The van der Waals surface area contributed by atoms with Crippen molar-refractivity contribution >= 4 is 17.6 Å². The summed E-state index contributed by atoms with van der Waals surface area (Å²) in [5, 5.41) is 7.65. The highest BCUT2D eigenvalue weighted by Crippen LogP contribution is 2.22. The number of carbonyl (C=O) groups excluding carboxylic acids is 2. The molecule has 1 rings (SSSR count). The van der Waals surface area contributed by atoms with Crippen molar-refractivity contribution in [3.05, 3.63) is 11.3 Å². The van der Waals surface area contributed by atoms with Crippen LogP contribution < -0.4 is 21.7 Å². The first-order valence-electron chi connectivity index (χ1n) is 6.91. The number of carbonyl (C=O) groups is 2. The monoisotopic (exact) mass is 296 g/mol. The van der Waals surface area contributed by atoms with E-state index in [0.29, 0.717) is 12.4 Å². The number of aryl methyl sites for hydroxylation is 2. The zero-order valence-electron chi connectivity index (χ0n) is 12.8. The molecule has 2 amide bonds. The van der Waals surface area contributed by atoms with Gasteiger partial charge in [0.2, 0.25) is 11.8 Å². The molecule has 1 aromatic heterocycles. The number of hydrogen-bond acceptors (Lipinski definition) is 5. The molecule has 0 unspecified atom stereocenters. The molecule has 0 spiro atoms. The van der Waals surface area contributed by atoms with Gasteiger partial charge in [-0.05, 0) is 19.9 Å². The first kappa shape index (κ1) is 17.0. The van der Waals surface area contributed by atoms with Crippen molar-refractivity contribution in [2.45, 2.75) is 26.8 Å². The second-order valence-corrected chi connectivity index (χ2v) is 4.98. The van der Waals surface area contributed by atoms with Crippen LogP contribution in [0.5, 0.6) is 0 Å². The van der Waals surface area contributed by atoms with Gasteiger partial charge in [-0.2, -0.15) is 5.10 Å². The Balaban J connectivity index is 3.09. The summed E-state index contributed by atoms with van der Waals surface area (Å²) in [6, 6.07) is 0. The molecule has 0 saturated carbocycles. The van der Waals surface area contributed by atoms with E-state index in [1.807, 2.05) is 6.92 Å². The molecule has 1 heterocycles. The van der Waals surface area contributed by atoms with Crippen molar-refractivity contribution in [1.82, 2.24) is 15.1 Å². The fraction of sp³-hybridized carbons (Fsp3) is 0.615. The van der Waals surface area contributed by atoms with E-state index in [-0.39, 0.29) is 13.1 Å². The minimum absolute atomic E-state index is 0.0807. The quantitative estimate of drug-likeness (QED) is 0.505. The maximum absolute atomic E-state index is 11.2. The summed E-state index contributed by atoms with van der Waals surface area (Å²) in [5.74, 6) is -0.362. The van der Waals surface area contributed by atoms with Crippen LogP contribution in [-0.4, -0.2) is 41.2 Å². The first-order valence-corrected chi connectivity index (χ1v) is 6.91. The van der Waals surface area contributed by atoms with E-state index in [9.17, 15) is 9.59 Å². The number of nitrogens with two attached hydrogens (primary N) is 2. The van der Waals surface area contributed by atoms with Crippen molar-refractivity contribution in [3.63, 3.8) is 0 Å². The Morgan fingerprint density at radius 1 is 1.29 bits per heavy atom. The topological polar surface area (TPSA) is 119 Å². The number of aromatic nitrogens is 2.